The van der Waals surface area contributed by atoms with E-state index in [1.165, 1.54) is 6.33 Å². The number of nitrogens with two attached hydrogens (primary N) is 1. The fourth-order valence-corrected chi connectivity index (χ4v) is 1.96. The van der Waals surface area contributed by atoms with E-state index in [1.54, 1.807) is 19.3 Å². The molecule has 7 heteroatoms. The predicted octanol–water partition coefficient (Wildman–Crippen LogP) is 0.789. The lowest BCUT2D eigenvalue weighted by molar-refractivity contribution is 0.0518. The first-order chi connectivity index (χ1) is 10.2. The van der Waals surface area contributed by atoms with Gasteiger partial charge in [-0.15, -0.1) is 0 Å². The highest BCUT2D eigenvalue weighted by Gasteiger charge is 2.15. The average Bonchev–Trinajstić information content (AvgIpc) is 2.93. The Morgan fingerprint density at radius 1 is 1.43 bits per heavy atom. The van der Waals surface area contributed by atoms with Crippen LogP contribution in [-0.2, 0) is 17.7 Å². The van der Waals surface area contributed by atoms with Gasteiger partial charge in [0.15, 0.2) is 5.69 Å². The van der Waals surface area contributed by atoms with Crippen LogP contribution in [0.3, 0.4) is 0 Å². The molecule has 2 N–H and O–H groups in total. The van der Waals surface area contributed by atoms with Crippen LogP contribution in [0.2, 0.25) is 0 Å². The summed E-state index contributed by atoms with van der Waals surface area (Å²) in [5, 5.41) is 4.26. The van der Waals surface area contributed by atoms with Crippen LogP contribution in [0.5, 0.6) is 0 Å². The van der Waals surface area contributed by atoms with E-state index in [-0.39, 0.29) is 0 Å². The first-order valence-electron chi connectivity index (χ1n) is 6.92. The molecule has 2 heterocycles. The smallest absolute Gasteiger partial charge is 0.357 e. The third-order valence-corrected chi connectivity index (χ3v) is 2.93. The van der Waals surface area contributed by atoms with Gasteiger partial charge in [-0.3, -0.25) is 4.68 Å². The maximum atomic E-state index is 11.9. The molecule has 21 heavy (non-hydrogen) atoms. The molecule has 0 saturated heterocycles. The summed E-state index contributed by atoms with van der Waals surface area (Å²) in [6, 6.07) is 0. The van der Waals surface area contributed by atoms with Gasteiger partial charge in [0.2, 0.25) is 0 Å². The molecule has 0 amide bonds. The summed E-state index contributed by atoms with van der Waals surface area (Å²) in [5.74, 6) is -0.426. The molecule has 0 fully saturated rings. The number of aryl methyl sites for hydroxylation is 1. The quantitative estimate of drug-likeness (QED) is 0.757. The molecule has 0 spiro atoms. The highest BCUT2D eigenvalue weighted by molar-refractivity contribution is 5.88. The van der Waals surface area contributed by atoms with E-state index in [0.29, 0.717) is 25.3 Å². The Balaban J connectivity index is 2.12. The zero-order chi connectivity index (χ0) is 15.1. The molecule has 0 radical (unpaired) electrons. The minimum atomic E-state index is -0.426. The van der Waals surface area contributed by atoms with Crippen molar-refractivity contribution in [3.8, 4) is 0 Å². The summed E-state index contributed by atoms with van der Waals surface area (Å²) < 4.78 is 6.84. The summed E-state index contributed by atoms with van der Waals surface area (Å²) >= 11 is 0. The van der Waals surface area contributed by atoms with Crippen molar-refractivity contribution in [3.63, 3.8) is 0 Å². The molecule has 2 rings (SSSR count). The Bertz CT molecular complexity index is 597. The lowest BCUT2D eigenvalue weighted by Gasteiger charge is -2.05. The first-order valence-corrected chi connectivity index (χ1v) is 6.92. The van der Waals surface area contributed by atoms with Crippen molar-refractivity contribution in [2.24, 2.45) is 5.73 Å². The normalized spacial score (nSPS) is 10.6. The van der Waals surface area contributed by atoms with Crippen LogP contribution >= 0.6 is 0 Å². The number of carbonyl (C=O) groups excluding carboxylic acids is 1. The van der Waals surface area contributed by atoms with Crippen LogP contribution in [0.1, 0.15) is 35.0 Å². The van der Waals surface area contributed by atoms with E-state index in [0.717, 1.165) is 24.1 Å². The molecule has 2 aromatic heterocycles. The van der Waals surface area contributed by atoms with Gasteiger partial charge in [-0.05, 0) is 25.5 Å². The molecule has 0 bridgehead atoms. The molecule has 112 valence electrons. The van der Waals surface area contributed by atoms with Gasteiger partial charge in [0, 0.05) is 30.9 Å². The number of nitrogens with zero attached hydrogens (tertiary/aromatic N) is 4. The van der Waals surface area contributed by atoms with Crippen LogP contribution < -0.4 is 5.73 Å². The average molecular weight is 289 g/mol. The van der Waals surface area contributed by atoms with Gasteiger partial charge < -0.3 is 10.5 Å². The third-order valence-electron chi connectivity index (χ3n) is 2.93. The van der Waals surface area contributed by atoms with Crippen molar-refractivity contribution in [3.05, 3.63) is 41.7 Å². The molecular formula is C14H19N5O2. The van der Waals surface area contributed by atoms with Crippen molar-refractivity contribution in [2.45, 2.75) is 26.3 Å². The minimum Gasteiger partial charge on any atom is -0.461 e. The lowest BCUT2D eigenvalue weighted by Crippen LogP contribution is -2.11. The highest BCUT2D eigenvalue weighted by atomic mass is 16.5. The molecule has 0 atom stereocenters. The molecular weight excluding hydrogens is 270 g/mol. The van der Waals surface area contributed by atoms with Crippen molar-refractivity contribution in [1.82, 2.24) is 19.7 Å². The van der Waals surface area contributed by atoms with Crippen LogP contribution in [0.15, 0.2) is 24.9 Å². The second kappa shape index (κ2) is 7.49. The SMILES string of the molecule is CCOC(=O)c1ncncc1Cc1cnn(CCCN)c1. The largest absolute Gasteiger partial charge is 0.461 e. The second-order valence-corrected chi connectivity index (χ2v) is 4.55. The maximum Gasteiger partial charge on any atom is 0.357 e. The zero-order valence-electron chi connectivity index (χ0n) is 12.0. The molecule has 0 aliphatic rings. The number of esters is 1. The molecule has 0 aliphatic carbocycles. The number of aromatic nitrogens is 4. The van der Waals surface area contributed by atoms with Crippen molar-refractivity contribution in [2.75, 3.05) is 13.2 Å². The van der Waals surface area contributed by atoms with Crippen molar-refractivity contribution < 1.29 is 9.53 Å². The van der Waals surface area contributed by atoms with E-state index in [1.807, 2.05) is 10.9 Å². The third kappa shape index (κ3) is 4.09. The van der Waals surface area contributed by atoms with E-state index in [4.69, 9.17) is 10.5 Å². The number of carbonyl (C=O) groups is 1. The summed E-state index contributed by atoms with van der Waals surface area (Å²) in [7, 11) is 0. The molecule has 0 saturated carbocycles. The van der Waals surface area contributed by atoms with Gasteiger partial charge in [-0.2, -0.15) is 5.10 Å². The molecule has 0 aliphatic heterocycles. The summed E-state index contributed by atoms with van der Waals surface area (Å²) in [4.78, 5) is 19.9. The first kappa shape index (κ1) is 15.1. The Kier molecular flexibility index (Phi) is 5.39. The van der Waals surface area contributed by atoms with Gasteiger partial charge >= 0.3 is 5.97 Å². The fourth-order valence-electron chi connectivity index (χ4n) is 1.96. The van der Waals surface area contributed by atoms with E-state index in [9.17, 15) is 4.79 Å². The second-order valence-electron chi connectivity index (χ2n) is 4.55. The Hall–Kier alpha value is -2.28. The van der Waals surface area contributed by atoms with Crippen molar-refractivity contribution in [1.29, 1.82) is 0 Å². The number of hydrogen-bond acceptors (Lipinski definition) is 6. The highest BCUT2D eigenvalue weighted by Crippen LogP contribution is 2.12. The standard InChI is InChI=1S/C14H19N5O2/c1-2-21-14(20)13-12(8-16-10-17-13)6-11-7-18-19(9-11)5-3-4-15/h7-10H,2-6,15H2,1H3. The van der Waals surface area contributed by atoms with Crippen LogP contribution in [0, 0.1) is 0 Å². The van der Waals surface area contributed by atoms with Gasteiger partial charge in [-0.25, -0.2) is 14.8 Å². The van der Waals surface area contributed by atoms with Gasteiger partial charge in [-0.1, -0.05) is 0 Å². The Labute approximate surface area is 123 Å². The summed E-state index contributed by atoms with van der Waals surface area (Å²) in [6.45, 7) is 3.50. The summed E-state index contributed by atoms with van der Waals surface area (Å²) in [6.07, 6.45) is 8.12. The van der Waals surface area contributed by atoms with Crippen LogP contribution in [0.4, 0.5) is 0 Å². The van der Waals surface area contributed by atoms with Crippen molar-refractivity contribution >= 4 is 5.97 Å². The Morgan fingerprint density at radius 2 is 2.29 bits per heavy atom. The molecule has 7 nitrogen and oxygen atoms in total. The van der Waals surface area contributed by atoms with Crippen LogP contribution in [-0.4, -0.2) is 38.9 Å². The number of rotatable bonds is 7. The van der Waals surface area contributed by atoms with Gasteiger partial charge in [0.05, 0.1) is 12.8 Å². The van der Waals surface area contributed by atoms with E-state index < -0.39 is 5.97 Å². The molecule has 2 aromatic rings. The monoisotopic (exact) mass is 289 g/mol. The van der Waals surface area contributed by atoms with Crippen LogP contribution in [0.25, 0.3) is 0 Å². The minimum absolute atomic E-state index is 0.307. The topological polar surface area (TPSA) is 95.9 Å². The van der Waals surface area contributed by atoms with Gasteiger partial charge in [0.1, 0.15) is 6.33 Å². The molecule has 0 unspecified atom stereocenters. The molecule has 0 aromatic carbocycles. The predicted molar refractivity (Wildman–Crippen MR) is 76.7 cm³/mol. The van der Waals surface area contributed by atoms with E-state index >= 15 is 0 Å². The number of hydrogen-bond donors (Lipinski definition) is 1. The maximum absolute atomic E-state index is 11.9. The Morgan fingerprint density at radius 3 is 3.05 bits per heavy atom. The fraction of sp³-hybridized carbons (Fsp3) is 0.429. The van der Waals surface area contributed by atoms with E-state index in [2.05, 4.69) is 15.1 Å². The zero-order valence-corrected chi connectivity index (χ0v) is 12.0. The van der Waals surface area contributed by atoms with Gasteiger partial charge in [0.25, 0.3) is 0 Å². The lowest BCUT2D eigenvalue weighted by atomic mass is 10.1. The summed E-state index contributed by atoms with van der Waals surface area (Å²) in [5.41, 5.74) is 7.51. The number of ether oxygens (including phenoxy) is 1.